The number of anilines is 2. The van der Waals surface area contributed by atoms with Gasteiger partial charge in [0.15, 0.2) is 17.6 Å². The molecule has 0 amide bonds. The summed E-state index contributed by atoms with van der Waals surface area (Å²) in [5, 5.41) is 9.67. The molecule has 0 radical (unpaired) electrons. The van der Waals surface area contributed by atoms with E-state index in [2.05, 4.69) is 0 Å². The smallest absolute Gasteiger partial charge is 0.198 e. The molecule has 1 aliphatic heterocycles. The maximum Gasteiger partial charge on any atom is 0.198 e. The van der Waals surface area contributed by atoms with Gasteiger partial charge in [0.1, 0.15) is 16.6 Å². The van der Waals surface area contributed by atoms with Crippen LogP contribution < -0.4 is 20.9 Å². The quantitative estimate of drug-likeness (QED) is 0.665. The Kier molecular flexibility index (Phi) is 3.93. The van der Waals surface area contributed by atoms with E-state index in [1.165, 1.54) is 11.3 Å². The molecule has 0 aromatic carbocycles. The fourth-order valence-corrected chi connectivity index (χ4v) is 2.24. The Morgan fingerprint density at radius 3 is 2.88 bits per heavy atom. The Labute approximate surface area is 103 Å². The van der Waals surface area contributed by atoms with Gasteiger partial charge in [-0.15, -0.1) is 0 Å². The van der Waals surface area contributed by atoms with Gasteiger partial charge in [-0.05, 0) is 6.42 Å². The predicted octanol–water partition coefficient (Wildman–Crippen LogP) is 0.451. The normalized spacial score (nSPS) is 18.3. The van der Waals surface area contributed by atoms with E-state index >= 15 is 0 Å². The summed E-state index contributed by atoms with van der Waals surface area (Å²) < 4.78 is 16.5. The summed E-state index contributed by atoms with van der Waals surface area (Å²) in [5.74, 6) is 1.06. The number of aliphatic hydroxyl groups is 1. The number of nitrogens with two attached hydrogens (primary N) is 2. The second kappa shape index (κ2) is 5.44. The van der Waals surface area contributed by atoms with Crippen molar-refractivity contribution < 1.29 is 19.3 Å². The molecule has 0 saturated carbocycles. The van der Waals surface area contributed by atoms with Crippen LogP contribution in [-0.2, 0) is 4.74 Å². The molecular formula is C10H16N2O4S. The van der Waals surface area contributed by atoms with Crippen LogP contribution in [0.1, 0.15) is 6.42 Å². The number of hydrogen-bond acceptors (Lipinski definition) is 7. The molecule has 0 spiro atoms. The lowest BCUT2D eigenvalue weighted by Gasteiger charge is -2.24. The summed E-state index contributed by atoms with van der Waals surface area (Å²) in [7, 11) is 0. The molecule has 0 saturated heterocycles. The molecule has 6 nitrogen and oxygen atoms in total. The average Bonchev–Trinajstić information content (AvgIpc) is 2.61. The average molecular weight is 260 g/mol. The van der Waals surface area contributed by atoms with E-state index in [-0.39, 0.29) is 12.7 Å². The van der Waals surface area contributed by atoms with Gasteiger partial charge < -0.3 is 30.8 Å². The fourth-order valence-electron chi connectivity index (χ4n) is 1.52. The minimum absolute atomic E-state index is 0.125. The van der Waals surface area contributed by atoms with Gasteiger partial charge in [0.2, 0.25) is 0 Å². The zero-order chi connectivity index (χ0) is 12.3. The highest BCUT2D eigenvalue weighted by molar-refractivity contribution is 7.20. The standard InChI is InChI=1S/C10H16N2O4S/c11-9-7-8(10(12)17-9)16-6(5-15-7)4-14-3-1-2-13/h6,13H,1-5,11-12H2. The third kappa shape index (κ3) is 2.74. The number of aliphatic hydroxyl groups excluding tert-OH is 1. The lowest BCUT2D eigenvalue weighted by Crippen LogP contribution is -2.33. The first kappa shape index (κ1) is 12.3. The molecule has 0 aliphatic carbocycles. The van der Waals surface area contributed by atoms with Gasteiger partial charge in [0.25, 0.3) is 0 Å². The molecule has 1 aliphatic rings. The van der Waals surface area contributed by atoms with E-state index < -0.39 is 0 Å². The van der Waals surface area contributed by atoms with Gasteiger partial charge in [-0.3, -0.25) is 0 Å². The van der Waals surface area contributed by atoms with Crippen LogP contribution in [-0.4, -0.2) is 37.6 Å². The van der Waals surface area contributed by atoms with Crippen molar-refractivity contribution in [2.45, 2.75) is 12.5 Å². The molecule has 0 fully saturated rings. The van der Waals surface area contributed by atoms with Crippen molar-refractivity contribution >= 4 is 21.3 Å². The fraction of sp³-hybridized carbons (Fsp3) is 0.600. The predicted molar refractivity (Wildman–Crippen MR) is 65.6 cm³/mol. The molecule has 5 N–H and O–H groups in total. The van der Waals surface area contributed by atoms with Gasteiger partial charge >= 0.3 is 0 Å². The third-order valence-corrected chi connectivity index (χ3v) is 3.13. The second-order valence-corrected chi connectivity index (χ2v) is 4.78. The number of rotatable bonds is 5. The molecule has 17 heavy (non-hydrogen) atoms. The van der Waals surface area contributed by atoms with Crippen LogP contribution in [0, 0.1) is 0 Å². The first-order chi connectivity index (χ1) is 8.22. The van der Waals surface area contributed by atoms with Crippen LogP contribution in [0.4, 0.5) is 10.0 Å². The Bertz CT molecular complexity index is 383. The Balaban J connectivity index is 1.88. The highest BCUT2D eigenvalue weighted by Gasteiger charge is 2.27. The Morgan fingerprint density at radius 2 is 2.12 bits per heavy atom. The van der Waals surface area contributed by atoms with Crippen molar-refractivity contribution in [2.75, 3.05) is 37.9 Å². The molecule has 2 rings (SSSR count). The highest BCUT2D eigenvalue weighted by atomic mass is 32.1. The largest absolute Gasteiger partial charge is 0.483 e. The van der Waals surface area contributed by atoms with E-state index in [0.717, 1.165) is 0 Å². The first-order valence-corrected chi connectivity index (χ1v) is 6.19. The molecule has 0 bridgehead atoms. The topological polar surface area (TPSA) is 100.0 Å². The summed E-state index contributed by atoms with van der Waals surface area (Å²) in [6.45, 7) is 1.44. The monoisotopic (exact) mass is 260 g/mol. The van der Waals surface area contributed by atoms with E-state index in [4.69, 9.17) is 30.8 Å². The number of nitrogen functional groups attached to an aromatic ring is 2. The number of fused-ring (bicyclic) bond motifs is 1. The van der Waals surface area contributed by atoms with E-state index in [1.54, 1.807) is 0 Å². The van der Waals surface area contributed by atoms with Gasteiger partial charge in [-0.2, -0.15) is 0 Å². The van der Waals surface area contributed by atoms with Crippen LogP contribution >= 0.6 is 11.3 Å². The minimum atomic E-state index is -0.183. The maximum atomic E-state index is 8.61. The number of ether oxygens (including phenoxy) is 3. The molecule has 1 aromatic rings. The van der Waals surface area contributed by atoms with Crippen LogP contribution in [0.25, 0.3) is 0 Å². The van der Waals surface area contributed by atoms with Gasteiger partial charge in [0.05, 0.1) is 6.61 Å². The summed E-state index contributed by atoms with van der Waals surface area (Å²) in [6.07, 6.45) is 0.435. The SMILES string of the molecule is Nc1sc(N)c2c1OCC(COCCCO)O2. The highest BCUT2D eigenvalue weighted by Crippen LogP contribution is 2.48. The first-order valence-electron chi connectivity index (χ1n) is 5.38. The van der Waals surface area contributed by atoms with Crippen molar-refractivity contribution in [1.29, 1.82) is 0 Å². The van der Waals surface area contributed by atoms with Crippen molar-refractivity contribution in [2.24, 2.45) is 0 Å². The lowest BCUT2D eigenvalue weighted by molar-refractivity contribution is 0.00684. The Hall–Kier alpha value is -1.18. The van der Waals surface area contributed by atoms with Crippen LogP contribution in [0.3, 0.4) is 0 Å². The van der Waals surface area contributed by atoms with Crippen molar-refractivity contribution in [3.8, 4) is 11.5 Å². The number of hydrogen-bond donors (Lipinski definition) is 3. The minimum Gasteiger partial charge on any atom is -0.483 e. The van der Waals surface area contributed by atoms with Crippen molar-refractivity contribution in [3.63, 3.8) is 0 Å². The summed E-state index contributed by atoms with van der Waals surface area (Å²) in [6, 6.07) is 0. The van der Waals surface area contributed by atoms with E-state index in [0.29, 0.717) is 47.7 Å². The van der Waals surface area contributed by atoms with Crippen LogP contribution in [0.5, 0.6) is 11.5 Å². The Morgan fingerprint density at radius 1 is 1.35 bits per heavy atom. The summed E-state index contributed by atoms with van der Waals surface area (Å²) >= 11 is 1.25. The molecule has 2 heterocycles. The van der Waals surface area contributed by atoms with Gasteiger partial charge in [-0.25, -0.2) is 0 Å². The van der Waals surface area contributed by atoms with Gasteiger partial charge in [-0.1, -0.05) is 11.3 Å². The van der Waals surface area contributed by atoms with Crippen molar-refractivity contribution in [3.05, 3.63) is 0 Å². The maximum absolute atomic E-state index is 8.61. The molecule has 1 atom stereocenters. The second-order valence-electron chi connectivity index (χ2n) is 3.69. The molecule has 1 unspecified atom stereocenters. The molecule has 1 aromatic heterocycles. The van der Waals surface area contributed by atoms with Crippen molar-refractivity contribution in [1.82, 2.24) is 0 Å². The lowest BCUT2D eigenvalue weighted by atomic mass is 10.3. The third-order valence-electron chi connectivity index (χ3n) is 2.32. The molecule has 96 valence electrons. The number of thiophene rings is 1. The van der Waals surface area contributed by atoms with Crippen LogP contribution in [0.2, 0.25) is 0 Å². The zero-order valence-electron chi connectivity index (χ0n) is 9.35. The molecular weight excluding hydrogens is 244 g/mol. The zero-order valence-corrected chi connectivity index (χ0v) is 10.2. The van der Waals surface area contributed by atoms with E-state index in [1.807, 2.05) is 0 Å². The van der Waals surface area contributed by atoms with Gasteiger partial charge in [0, 0.05) is 13.2 Å². The van der Waals surface area contributed by atoms with E-state index in [9.17, 15) is 0 Å². The summed E-state index contributed by atoms with van der Waals surface area (Å²) in [5.41, 5.74) is 11.5. The van der Waals surface area contributed by atoms with Crippen LogP contribution in [0.15, 0.2) is 0 Å². The summed E-state index contributed by atoms with van der Waals surface area (Å²) in [4.78, 5) is 0. The molecule has 7 heteroatoms.